The van der Waals surface area contributed by atoms with Gasteiger partial charge in [-0.3, -0.25) is 0 Å². The predicted molar refractivity (Wildman–Crippen MR) is 82.0 cm³/mol. The summed E-state index contributed by atoms with van der Waals surface area (Å²) in [5.74, 6) is 0.762. The smallest absolute Gasteiger partial charge is 0.0897 e. The first-order chi connectivity index (χ1) is 9.63. The number of hydrogen-bond acceptors (Lipinski definition) is 4. The van der Waals surface area contributed by atoms with Crippen molar-refractivity contribution in [1.82, 2.24) is 5.32 Å². The van der Waals surface area contributed by atoms with E-state index in [-0.39, 0.29) is 6.10 Å². The van der Waals surface area contributed by atoms with Crippen LogP contribution in [-0.4, -0.2) is 50.2 Å². The van der Waals surface area contributed by atoms with E-state index in [2.05, 4.69) is 12.2 Å². The van der Waals surface area contributed by atoms with Crippen LogP contribution in [0.3, 0.4) is 0 Å². The van der Waals surface area contributed by atoms with Gasteiger partial charge in [-0.1, -0.05) is 25.7 Å². The topological polar surface area (TPSA) is 50.7 Å². The van der Waals surface area contributed by atoms with E-state index in [1.165, 1.54) is 38.5 Å². The molecule has 2 N–H and O–H groups in total. The molecule has 0 aromatic carbocycles. The van der Waals surface area contributed by atoms with Crippen molar-refractivity contribution < 1.29 is 14.6 Å². The van der Waals surface area contributed by atoms with Gasteiger partial charge in [0.15, 0.2) is 0 Å². The summed E-state index contributed by atoms with van der Waals surface area (Å²) in [5.41, 5.74) is 0. The fraction of sp³-hybridized carbons (Fsp3) is 1.00. The average molecular weight is 287 g/mol. The van der Waals surface area contributed by atoms with Gasteiger partial charge in [0.25, 0.3) is 0 Å². The van der Waals surface area contributed by atoms with Crippen LogP contribution in [0.5, 0.6) is 0 Å². The van der Waals surface area contributed by atoms with Crippen LogP contribution in [0.1, 0.15) is 52.4 Å². The van der Waals surface area contributed by atoms with Crippen molar-refractivity contribution >= 4 is 0 Å². The van der Waals surface area contributed by atoms with Crippen molar-refractivity contribution in [3.63, 3.8) is 0 Å². The maximum atomic E-state index is 9.94. The van der Waals surface area contributed by atoms with Crippen molar-refractivity contribution in [3.05, 3.63) is 0 Å². The van der Waals surface area contributed by atoms with E-state index in [9.17, 15) is 5.11 Å². The Balaban J connectivity index is 2.14. The monoisotopic (exact) mass is 287 g/mol. The van der Waals surface area contributed by atoms with Gasteiger partial charge in [-0.2, -0.15) is 0 Å². The largest absolute Gasteiger partial charge is 0.389 e. The maximum Gasteiger partial charge on any atom is 0.0897 e. The zero-order chi connectivity index (χ0) is 14.8. The molecule has 120 valence electrons. The van der Waals surface area contributed by atoms with Gasteiger partial charge in [-0.05, 0) is 32.6 Å². The molecule has 1 fully saturated rings. The van der Waals surface area contributed by atoms with E-state index in [1.807, 2.05) is 6.92 Å². The third kappa shape index (κ3) is 7.58. The summed E-state index contributed by atoms with van der Waals surface area (Å²) in [4.78, 5) is 0. The van der Waals surface area contributed by atoms with Crippen LogP contribution in [0.4, 0.5) is 0 Å². The van der Waals surface area contributed by atoms with Crippen molar-refractivity contribution in [1.29, 1.82) is 0 Å². The van der Waals surface area contributed by atoms with Crippen molar-refractivity contribution in [2.24, 2.45) is 5.92 Å². The van der Waals surface area contributed by atoms with E-state index < -0.39 is 6.10 Å². The minimum atomic E-state index is -0.442. The molecule has 0 radical (unpaired) electrons. The highest BCUT2D eigenvalue weighted by Crippen LogP contribution is 2.25. The molecule has 0 aromatic heterocycles. The maximum absolute atomic E-state index is 9.94. The molecule has 0 amide bonds. The Bertz CT molecular complexity index is 230. The van der Waals surface area contributed by atoms with Crippen molar-refractivity contribution in [2.75, 3.05) is 26.9 Å². The second-order valence-corrected chi connectivity index (χ2v) is 6.20. The molecule has 4 nitrogen and oxygen atoms in total. The number of hydrogen-bond donors (Lipinski definition) is 2. The van der Waals surface area contributed by atoms with Crippen LogP contribution >= 0.6 is 0 Å². The van der Waals surface area contributed by atoms with Gasteiger partial charge in [0, 0.05) is 19.7 Å². The van der Waals surface area contributed by atoms with Crippen LogP contribution in [0.25, 0.3) is 0 Å². The summed E-state index contributed by atoms with van der Waals surface area (Å²) in [5, 5.41) is 13.4. The molecule has 0 saturated heterocycles. The second-order valence-electron chi connectivity index (χ2n) is 6.20. The fourth-order valence-corrected chi connectivity index (χ4v) is 2.92. The molecule has 1 aliphatic carbocycles. The van der Waals surface area contributed by atoms with E-state index >= 15 is 0 Å². The number of methoxy groups -OCH3 is 1. The molecule has 1 aliphatic rings. The standard InChI is InChI=1S/C16H33NO3/c1-13(11-19-3)20-12-16(18)10-17-14(2)15-8-6-4-5-7-9-15/h13-18H,4-12H2,1-3H3/t13?,14-,16?/m1/s1. The number of rotatable bonds is 9. The Morgan fingerprint density at radius 3 is 2.35 bits per heavy atom. The third-order valence-electron chi connectivity index (χ3n) is 4.26. The lowest BCUT2D eigenvalue weighted by molar-refractivity contribution is -0.0318. The molecule has 0 heterocycles. The van der Waals surface area contributed by atoms with Crippen LogP contribution in [0.2, 0.25) is 0 Å². The van der Waals surface area contributed by atoms with Crippen molar-refractivity contribution in [2.45, 2.75) is 70.6 Å². The number of aliphatic hydroxyl groups excluding tert-OH is 1. The van der Waals surface area contributed by atoms with Crippen LogP contribution in [0, 0.1) is 5.92 Å². The first-order valence-electron chi connectivity index (χ1n) is 8.15. The molecule has 0 aliphatic heterocycles. The first kappa shape index (κ1) is 17.9. The highest BCUT2D eigenvalue weighted by molar-refractivity contribution is 4.76. The third-order valence-corrected chi connectivity index (χ3v) is 4.26. The number of nitrogens with one attached hydrogen (secondary N) is 1. The summed E-state index contributed by atoms with van der Waals surface area (Å²) in [7, 11) is 1.66. The Labute approximate surface area is 124 Å². The summed E-state index contributed by atoms with van der Waals surface area (Å²) < 4.78 is 10.5. The lowest BCUT2D eigenvalue weighted by Gasteiger charge is -2.25. The van der Waals surface area contributed by atoms with Gasteiger partial charge in [-0.25, -0.2) is 0 Å². The molecule has 3 atom stereocenters. The lowest BCUT2D eigenvalue weighted by atomic mass is 9.93. The van der Waals surface area contributed by atoms with Gasteiger partial charge < -0.3 is 19.9 Å². The van der Waals surface area contributed by atoms with E-state index in [0.29, 0.717) is 25.8 Å². The van der Waals surface area contributed by atoms with Crippen molar-refractivity contribution in [3.8, 4) is 0 Å². The molecule has 0 spiro atoms. The Morgan fingerprint density at radius 2 is 1.75 bits per heavy atom. The number of ether oxygens (including phenoxy) is 2. The van der Waals surface area contributed by atoms with Gasteiger partial charge in [0.05, 0.1) is 25.4 Å². The normalized spacial score (nSPS) is 22.2. The Morgan fingerprint density at radius 1 is 1.10 bits per heavy atom. The summed E-state index contributed by atoms with van der Waals surface area (Å²) in [6.07, 6.45) is 7.73. The highest BCUT2D eigenvalue weighted by atomic mass is 16.5. The van der Waals surface area contributed by atoms with Gasteiger partial charge in [0.2, 0.25) is 0 Å². The summed E-state index contributed by atoms with van der Waals surface area (Å²) in [6, 6.07) is 0.485. The van der Waals surface area contributed by atoms with E-state index in [4.69, 9.17) is 9.47 Å². The minimum Gasteiger partial charge on any atom is -0.389 e. The highest BCUT2D eigenvalue weighted by Gasteiger charge is 2.19. The summed E-state index contributed by atoms with van der Waals surface area (Å²) in [6.45, 7) is 5.75. The van der Waals surface area contributed by atoms with Gasteiger partial charge >= 0.3 is 0 Å². The summed E-state index contributed by atoms with van der Waals surface area (Å²) >= 11 is 0. The molecule has 0 bridgehead atoms. The molecule has 20 heavy (non-hydrogen) atoms. The lowest BCUT2D eigenvalue weighted by Crippen LogP contribution is -2.40. The van der Waals surface area contributed by atoms with Crippen LogP contribution < -0.4 is 5.32 Å². The second kappa shape index (κ2) is 10.6. The molecule has 0 aromatic rings. The minimum absolute atomic E-state index is 0.0360. The zero-order valence-corrected chi connectivity index (χ0v) is 13.4. The van der Waals surface area contributed by atoms with Crippen LogP contribution in [0.15, 0.2) is 0 Å². The molecule has 4 heteroatoms. The molecule has 2 unspecified atom stereocenters. The number of aliphatic hydroxyl groups is 1. The van der Waals surface area contributed by atoms with E-state index in [0.717, 1.165) is 5.92 Å². The van der Waals surface area contributed by atoms with Crippen LogP contribution in [-0.2, 0) is 9.47 Å². The van der Waals surface area contributed by atoms with E-state index in [1.54, 1.807) is 7.11 Å². The van der Waals surface area contributed by atoms with Gasteiger partial charge in [0.1, 0.15) is 0 Å². The molecule has 1 rings (SSSR count). The predicted octanol–water partition coefficient (Wildman–Crippen LogP) is 2.35. The molecular weight excluding hydrogens is 254 g/mol. The van der Waals surface area contributed by atoms with Gasteiger partial charge in [-0.15, -0.1) is 0 Å². The fourth-order valence-electron chi connectivity index (χ4n) is 2.92. The molecule has 1 saturated carbocycles. The Hall–Kier alpha value is -0.160. The zero-order valence-electron chi connectivity index (χ0n) is 13.4. The first-order valence-corrected chi connectivity index (χ1v) is 8.15. The quantitative estimate of drug-likeness (QED) is 0.639. The molecular formula is C16H33NO3. The average Bonchev–Trinajstić information content (AvgIpc) is 2.72. The Kier molecular flexibility index (Phi) is 9.44. The SMILES string of the molecule is COCC(C)OCC(O)CN[C@H](C)C1CCCCCC1.